The molecule has 2 aliphatic heterocycles. The number of hydrogen-bond acceptors (Lipinski definition) is 3. The summed E-state index contributed by atoms with van der Waals surface area (Å²) in [6, 6.07) is 3.28. The van der Waals surface area contributed by atoms with Gasteiger partial charge in [-0.3, -0.25) is 4.90 Å². The lowest BCUT2D eigenvalue weighted by molar-refractivity contribution is -0.140. The third kappa shape index (κ3) is 2.70. The zero-order valence-electron chi connectivity index (χ0n) is 10.7. The second-order valence-electron chi connectivity index (χ2n) is 5.66. The minimum Gasteiger partial charge on any atom is -0.508 e. The Labute approximate surface area is 123 Å². The Kier molecular flexibility index (Phi) is 3.65. The maximum absolute atomic E-state index is 9.92. The number of halogens is 2. The van der Waals surface area contributed by atoms with Crippen molar-refractivity contribution in [2.24, 2.45) is 5.41 Å². The van der Waals surface area contributed by atoms with Crippen LogP contribution >= 0.6 is 23.2 Å². The Bertz CT molecular complexity index is 479. The molecule has 1 spiro atoms. The topological polar surface area (TPSA) is 32.7 Å². The SMILES string of the molecule is Oc1cc(Cl)c(Cl)cc1CN1CCC2(CC1)COC2. The molecule has 2 fully saturated rings. The molecule has 1 aromatic rings. The molecule has 0 radical (unpaired) electrons. The summed E-state index contributed by atoms with van der Waals surface area (Å²) in [5.41, 5.74) is 1.28. The number of ether oxygens (including phenoxy) is 1. The maximum Gasteiger partial charge on any atom is 0.121 e. The van der Waals surface area contributed by atoms with Gasteiger partial charge in [0.15, 0.2) is 0 Å². The van der Waals surface area contributed by atoms with Crippen LogP contribution in [0.3, 0.4) is 0 Å². The zero-order valence-corrected chi connectivity index (χ0v) is 12.2. The number of phenols is 1. The van der Waals surface area contributed by atoms with Crippen molar-refractivity contribution in [3.05, 3.63) is 27.7 Å². The van der Waals surface area contributed by atoms with E-state index in [4.69, 9.17) is 27.9 Å². The Balaban J connectivity index is 1.64. The van der Waals surface area contributed by atoms with E-state index in [-0.39, 0.29) is 5.75 Å². The average Bonchev–Trinajstić information content (AvgIpc) is 2.35. The first-order valence-corrected chi connectivity index (χ1v) is 7.31. The molecule has 0 bridgehead atoms. The summed E-state index contributed by atoms with van der Waals surface area (Å²) in [6.07, 6.45) is 2.35. The minimum atomic E-state index is 0.224. The molecule has 2 aliphatic rings. The van der Waals surface area contributed by atoms with Gasteiger partial charge in [0.05, 0.1) is 23.3 Å². The number of likely N-dealkylation sites (tertiary alicyclic amines) is 1. The highest BCUT2D eigenvalue weighted by atomic mass is 35.5. The molecule has 0 amide bonds. The molecule has 1 aromatic carbocycles. The molecule has 1 N–H and O–H groups in total. The van der Waals surface area contributed by atoms with E-state index in [0.717, 1.165) is 38.4 Å². The van der Waals surface area contributed by atoms with Gasteiger partial charge in [-0.2, -0.15) is 0 Å². The molecule has 0 saturated carbocycles. The molecular weight excluding hydrogens is 285 g/mol. The smallest absolute Gasteiger partial charge is 0.121 e. The van der Waals surface area contributed by atoms with Crippen LogP contribution in [0, 0.1) is 5.41 Å². The fourth-order valence-corrected chi connectivity index (χ4v) is 3.15. The molecule has 0 aromatic heterocycles. The Hall–Kier alpha value is -0.480. The molecule has 3 rings (SSSR count). The highest BCUT2D eigenvalue weighted by Gasteiger charge is 2.41. The summed E-state index contributed by atoms with van der Waals surface area (Å²) >= 11 is 11.9. The molecule has 2 saturated heterocycles. The maximum atomic E-state index is 9.92. The van der Waals surface area contributed by atoms with E-state index in [0.29, 0.717) is 15.5 Å². The third-order valence-electron chi connectivity index (χ3n) is 4.25. The van der Waals surface area contributed by atoms with Crippen LogP contribution in [0.4, 0.5) is 0 Å². The van der Waals surface area contributed by atoms with Crippen LogP contribution in [0.5, 0.6) is 5.75 Å². The lowest BCUT2D eigenvalue weighted by Gasteiger charge is -2.47. The van der Waals surface area contributed by atoms with Crippen LogP contribution in [-0.2, 0) is 11.3 Å². The Morgan fingerprint density at radius 3 is 2.37 bits per heavy atom. The molecule has 2 heterocycles. The number of piperidine rings is 1. The summed E-state index contributed by atoms with van der Waals surface area (Å²) in [5.74, 6) is 0.224. The van der Waals surface area contributed by atoms with Crippen LogP contribution in [0.2, 0.25) is 10.0 Å². The largest absolute Gasteiger partial charge is 0.508 e. The van der Waals surface area contributed by atoms with E-state index < -0.39 is 0 Å². The first-order valence-electron chi connectivity index (χ1n) is 6.55. The molecule has 0 unspecified atom stereocenters. The molecule has 19 heavy (non-hydrogen) atoms. The monoisotopic (exact) mass is 301 g/mol. The average molecular weight is 302 g/mol. The van der Waals surface area contributed by atoms with Crippen molar-refractivity contribution >= 4 is 23.2 Å². The molecule has 104 valence electrons. The molecule has 0 atom stereocenters. The van der Waals surface area contributed by atoms with E-state index in [1.807, 2.05) is 0 Å². The fraction of sp³-hybridized carbons (Fsp3) is 0.571. The summed E-state index contributed by atoms with van der Waals surface area (Å²) in [7, 11) is 0. The van der Waals surface area contributed by atoms with Gasteiger partial charge in [0.2, 0.25) is 0 Å². The second kappa shape index (κ2) is 5.13. The highest BCUT2D eigenvalue weighted by molar-refractivity contribution is 6.42. The Morgan fingerprint density at radius 1 is 1.16 bits per heavy atom. The van der Waals surface area contributed by atoms with Crippen molar-refractivity contribution in [1.29, 1.82) is 0 Å². The zero-order chi connectivity index (χ0) is 13.5. The first kappa shape index (κ1) is 13.5. The van der Waals surface area contributed by atoms with Crippen molar-refractivity contribution in [3.8, 4) is 5.75 Å². The van der Waals surface area contributed by atoms with Crippen molar-refractivity contribution < 1.29 is 9.84 Å². The first-order chi connectivity index (χ1) is 9.08. The predicted octanol–water partition coefficient (Wildman–Crippen LogP) is 3.31. The van der Waals surface area contributed by atoms with Crippen LogP contribution in [0.1, 0.15) is 18.4 Å². The summed E-state index contributed by atoms with van der Waals surface area (Å²) in [6.45, 7) is 4.64. The van der Waals surface area contributed by atoms with E-state index in [1.54, 1.807) is 6.07 Å². The number of hydrogen-bond donors (Lipinski definition) is 1. The van der Waals surface area contributed by atoms with Gasteiger partial charge in [0.1, 0.15) is 5.75 Å². The molecule has 3 nitrogen and oxygen atoms in total. The van der Waals surface area contributed by atoms with Gasteiger partial charge in [-0.1, -0.05) is 23.2 Å². The van der Waals surface area contributed by atoms with Crippen LogP contribution < -0.4 is 0 Å². The van der Waals surface area contributed by atoms with E-state index >= 15 is 0 Å². The lowest BCUT2D eigenvalue weighted by Crippen LogP contribution is -2.50. The van der Waals surface area contributed by atoms with E-state index in [9.17, 15) is 5.11 Å². The van der Waals surface area contributed by atoms with Gasteiger partial charge in [0.25, 0.3) is 0 Å². The van der Waals surface area contributed by atoms with Crippen molar-refractivity contribution in [2.75, 3.05) is 26.3 Å². The van der Waals surface area contributed by atoms with Gasteiger partial charge in [-0.25, -0.2) is 0 Å². The van der Waals surface area contributed by atoms with Gasteiger partial charge >= 0.3 is 0 Å². The van der Waals surface area contributed by atoms with Gasteiger partial charge < -0.3 is 9.84 Å². The van der Waals surface area contributed by atoms with Crippen LogP contribution in [0.15, 0.2) is 12.1 Å². The standard InChI is InChI=1S/C14H17Cl2NO2/c15-11-5-10(13(18)6-12(11)16)7-17-3-1-14(2-4-17)8-19-9-14/h5-6,18H,1-4,7-9H2. The molecule has 5 heteroatoms. The number of phenolic OH excluding ortho intramolecular Hbond substituents is 1. The van der Waals surface area contributed by atoms with Crippen molar-refractivity contribution in [2.45, 2.75) is 19.4 Å². The quantitative estimate of drug-likeness (QED) is 0.910. The van der Waals surface area contributed by atoms with Crippen molar-refractivity contribution in [1.82, 2.24) is 4.90 Å². The summed E-state index contributed by atoms with van der Waals surface area (Å²) < 4.78 is 5.33. The summed E-state index contributed by atoms with van der Waals surface area (Å²) in [5, 5.41) is 10.8. The van der Waals surface area contributed by atoms with E-state index in [2.05, 4.69) is 4.90 Å². The summed E-state index contributed by atoms with van der Waals surface area (Å²) in [4.78, 5) is 2.35. The Morgan fingerprint density at radius 2 is 1.79 bits per heavy atom. The molecular formula is C14H17Cl2NO2. The van der Waals surface area contributed by atoms with E-state index in [1.165, 1.54) is 18.9 Å². The predicted molar refractivity (Wildman–Crippen MR) is 75.9 cm³/mol. The number of benzene rings is 1. The van der Waals surface area contributed by atoms with Gasteiger partial charge in [0, 0.05) is 23.6 Å². The van der Waals surface area contributed by atoms with Gasteiger partial charge in [-0.05, 0) is 32.0 Å². The lowest BCUT2D eigenvalue weighted by atomic mass is 9.77. The van der Waals surface area contributed by atoms with Crippen LogP contribution in [-0.4, -0.2) is 36.3 Å². The number of rotatable bonds is 2. The van der Waals surface area contributed by atoms with Crippen LogP contribution in [0.25, 0.3) is 0 Å². The third-order valence-corrected chi connectivity index (χ3v) is 4.97. The molecule has 0 aliphatic carbocycles. The number of aromatic hydroxyl groups is 1. The second-order valence-corrected chi connectivity index (χ2v) is 6.48. The highest BCUT2D eigenvalue weighted by Crippen LogP contribution is 2.39. The minimum absolute atomic E-state index is 0.224. The van der Waals surface area contributed by atoms with Crippen molar-refractivity contribution in [3.63, 3.8) is 0 Å². The van der Waals surface area contributed by atoms with Gasteiger partial charge in [-0.15, -0.1) is 0 Å². The fourth-order valence-electron chi connectivity index (χ4n) is 2.81. The number of nitrogens with zero attached hydrogens (tertiary/aromatic N) is 1. The normalized spacial score (nSPS) is 22.4.